The maximum atomic E-state index is 2.63. The Hall–Kier alpha value is -6.05. The van der Waals surface area contributed by atoms with Crippen LogP contribution >= 0.6 is 0 Å². The molecule has 284 valence electrons. The normalized spacial score (nSPS) is 18.7. The molecule has 1 aromatic heterocycles. The van der Waals surface area contributed by atoms with Crippen LogP contribution in [0.5, 0.6) is 0 Å². The van der Waals surface area contributed by atoms with E-state index < -0.39 is 0 Å². The molecule has 1 heteroatoms. The molecule has 6 aromatic carbocycles. The van der Waals surface area contributed by atoms with Gasteiger partial charge in [-0.1, -0.05) is 149 Å². The Morgan fingerprint density at radius 1 is 0.517 bits per heavy atom. The number of hydrogen-bond acceptors (Lipinski definition) is 0. The van der Waals surface area contributed by atoms with Crippen LogP contribution in [0.4, 0.5) is 0 Å². The maximum Gasteiger partial charge on any atom is 0.213 e. The number of fused-ring (bicyclic) bond motifs is 6. The van der Waals surface area contributed by atoms with E-state index in [-0.39, 0.29) is 10.8 Å². The Bertz CT molecular complexity index is 2800. The molecule has 2 heterocycles. The lowest BCUT2D eigenvalue weighted by Gasteiger charge is -2.39. The summed E-state index contributed by atoms with van der Waals surface area (Å²) < 4.78 is 2.63. The average molecular weight is 751 g/mol. The van der Waals surface area contributed by atoms with E-state index >= 15 is 0 Å². The van der Waals surface area contributed by atoms with Crippen molar-refractivity contribution in [3.63, 3.8) is 0 Å². The first kappa shape index (κ1) is 36.3. The van der Waals surface area contributed by atoms with E-state index in [1.54, 1.807) is 0 Å². The van der Waals surface area contributed by atoms with Gasteiger partial charge in [0.2, 0.25) is 5.69 Å². The van der Waals surface area contributed by atoms with Gasteiger partial charge in [0.1, 0.15) is 0 Å². The van der Waals surface area contributed by atoms with Gasteiger partial charge in [0.25, 0.3) is 0 Å². The fourth-order valence-electron chi connectivity index (χ4n) is 10.6. The molecule has 0 bridgehead atoms. The first-order valence-electron chi connectivity index (χ1n) is 21.4. The fourth-order valence-corrected chi connectivity index (χ4v) is 10.6. The Morgan fingerprint density at radius 2 is 1.12 bits per heavy atom. The number of benzene rings is 6. The highest BCUT2D eigenvalue weighted by molar-refractivity contribution is 5.89. The van der Waals surface area contributed by atoms with Crippen LogP contribution in [-0.4, -0.2) is 0 Å². The molecule has 10 rings (SSSR count). The van der Waals surface area contributed by atoms with Crippen molar-refractivity contribution >= 4 is 11.1 Å². The fraction of sp³-hybridized carbons (Fsp3) is 0.211. The molecule has 0 fully saturated rings. The third-order valence-electron chi connectivity index (χ3n) is 14.0. The Kier molecular flexibility index (Phi) is 8.83. The second-order valence-electron chi connectivity index (χ2n) is 17.5. The summed E-state index contributed by atoms with van der Waals surface area (Å²) in [6, 6.07) is 57.3. The molecule has 0 radical (unpaired) electrons. The van der Waals surface area contributed by atoms with E-state index in [4.69, 9.17) is 0 Å². The molecule has 1 aliphatic heterocycles. The zero-order valence-corrected chi connectivity index (χ0v) is 34.5. The highest BCUT2D eigenvalue weighted by Gasteiger charge is 2.49. The van der Waals surface area contributed by atoms with Crippen molar-refractivity contribution in [1.82, 2.24) is 0 Å². The quantitative estimate of drug-likeness (QED) is 0.143. The summed E-state index contributed by atoms with van der Waals surface area (Å²) >= 11 is 0. The molecule has 58 heavy (non-hydrogen) atoms. The number of rotatable bonds is 7. The predicted octanol–water partition coefficient (Wildman–Crippen LogP) is 14.8. The molecule has 2 aliphatic carbocycles. The Balaban J connectivity index is 0.991. The topological polar surface area (TPSA) is 3.88 Å². The second kappa shape index (κ2) is 14.1. The van der Waals surface area contributed by atoms with Crippen LogP contribution in [0.15, 0.2) is 170 Å². The molecule has 0 saturated carbocycles. The van der Waals surface area contributed by atoms with Gasteiger partial charge in [-0.3, -0.25) is 0 Å². The molecular formula is C57H52N+. The van der Waals surface area contributed by atoms with Crippen molar-refractivity contribution in [3.05, 3.63) is 198 Å². The number of pyridine rings is 1. The van der Waals surface area contributed by atoms with E-state index in [2.05, 4.69) is 209 Å². The van der Waals surface area contributed by atoms with E-state index in [9.17, 15) is 0 Å². The van der Waals surface area contributed by atoms with Crippen molar-refractivity contribution < 1.29 is 4.57 Å². The summed E-state index contributed by atoms with van der Waals surface area (Å²) in [5, 5.41) is 0. The van der Waals surface area contributed by atoms with Crippen LogP contribution in [0.25, 0.3) is 66.9 Å². The van der Waals surface area contributed by atoms with Gasteiger partial charge >= 0.3 is 0 Å². The van der Waals surface area contributed by atoms with Crippen molar-refractivity contribution in [2.24, 2.45) is 0 Å². The number of aromatic nitrogens is 1. The van der Waals surface area contributed by atoms with Crippen molar-refractivity contribution in [2.45, 2.75) is 77.2 Å². The molecule has 3 aliphatic rings. The molecule has 0 amide bonds. The monoisotopic (exact) mass is 750 g/mol. The lowest BCUT2D eigenvalue weighted by Crippen LogP contribution is -2.54. The van der Waals surface area contributed by atoms with Gasteiger partial charge in [-0.2, -0.15) is 4.57 Å². The van der Waals surface area contributed by atoms with Crippen LogP contribution in [0.2, 0.25) is 0 Å². The van der Waals surface area contributed by atoms with Gasteiger partial charge in [0.05, 0.1) is 11.0 Å². The Morgan fingerprint density at radius 3 is 1.86 bits per heavy atom. The summed E-state index contributed by atoms with van der Waals surface area (Å²) in [5.41, 5.74) is 22.7. The molecule has 0 N–H and O–H groups in total. The average Bonchev–Trinajstić information content (AvgIpc) is 3.51. The van der Waals surface area contributed by atoms with Crippen LogP contribution in [0.1, 0.15) is 94.2 Å². The molecule has 0 spiro atoms. The number of hydrogen-bond donors (Lipinski definition) is 0. The number of allylic oxidation sites excluding steroid dienone is 4. The third-order valence-corrected chi connectivity index (χ3v) is 14.0. The standard InChI is InChI=1S/C57H52N/c1-6-55-57(5,7-2)53-35-49-48-27-11-12-28-51(48)56(3,4)52(49)36-50(53)54-30-29-47(37-58(54)55)46-26-16-25-45(34-46)44-24-15-23-43(33-44)42-22-14-21-41(32-42)40-20-13-19-39(31-40)38-17-9-8-10-18-38/h8-13,15-21,23-37,55H,6-7,14,22H2,1-5H3/q+1. The van der Waals surface area contributed by atoms with Gasteiger partial charge in [-0.15, -0.1) is 0 Å². The smallest absolute Gasteiger partial charge is 0.194 e. The van der Waals surface area contributed by atoms with Gasteiger partial charge in [0.15, 0.2) is 12.2 Å². The minimum Gasteiger partial charge on any atom is -0.194 e. The van der Waals surface area contributed by atoms with E-state index in [1.165, 1.54) is 94.7 Å². The SMILES string of the molecule is CCC1[n+]2cc(-c3cccc(-c4cccc(C5=CC(c6cccc(-c7ccccc7)c6)=CCC5)c4)c3)ccc2-c2cc3c(cc2C1(C)CC)-c1ccccc1C3(C)C. The maximum absolute atomic E-state index is 2.63. The largest absolute Gasteiger partial charge is 0.213 e. The van der Waals surface area contributed by atoms with Crippen molar-refractivity contribution in [2.75, 3.05) is 0 Å². The first-order chi connectivity index (χ1) is 28.3. The molecule has 2 atom stereocenters. The highest BCUT2D eigenvalue weighted by atomic mass is 15.0. The van der Waals surface area contributed by atoms with Gasteiger partial charge < -0.3 is 0 Å². The van der Waals surface area contributed by atoms with E-state index in [1.807, 2.05) is 0 Å². The predicted molar refractivity (Wildman–Crippen MR) is 245 cm³/mol. The third kappa shape index (κ3) is 5.86. The molecule has 7 aromatic rings. The summed E-state index contributed by atoms with van der Waals surface area (Å²) in [6.07, 6.45) is 11.5. The zero-order valence-electron chi connectivity index (χ0n) is 34.5. The first-order valence-corrected chi connectivity index (χ1v) is 21.4. The lowest BCUT2D eigenvalue weighted by atomic mass is 9.67. The molecular weight excluding hydrogens is 699 g/mol. The zero-order chi connectivity index (χ0) is 39.6. The summed E-state index contributed by atoms with van der Waals surface area (Å²) in [6.45, 7) is 12.1. The minimum atomic E-state index is -0.0330. The van der Waals surface area contributed by atoms with E-state index in [0.717, 1.165) is 25.7 Å². The van der Waals surface area contributed by atoms with Crippen molar-refractivity contribution in [1.29, 1.82) is 0 Å². The molecule has 1 nitrogen and oxygen atoms in total. The second-order valence-corrected chi connectivity index (χ2v) is 17.5. The van der Waals surface area contributed by atoms with Crippen LogP contribution in [0, 0.1) is 0 Å². The number of nitrogens with zero attached hydrogens (tertiary/aromatic N) is 1. The molecule has 2 unspecified atom stereocenters. The van der Waals surface area contributed by atoms with Crippen LogP contribution in [-0.2, 0) is 10.8 Å². The lowest BCUT2D eigenvalue weighted by molar-refractivity contribution is -0.724. The summed E-state index contributed by atoms with van der Waals surface area (Å²) in [4.78, 5) is 0. The van der Waals surface area contributed by atoms with E-state index in [0.29, 0.717) is 6.04 Å². The van der Waals surface area contributed by atoms with Crippen LogP contribution in [0.3, 0.4) is 0 Å². The molecule has 0 saturated heterocycles. The van der Waals surface area contributed by atoms with Crippen molar-refractivity contribution in [3.8, 4) is 55.8 Å². The van der Waals surface area contributed by atoms with Gasteiger partial charge in [-0.25, -0.2) is 0 Å². The highest BCUT2D eigenvalue weighted by Crippen LogP contribution is 2.54. The minimum absolute atomic E-state index is 0.00686. The van der Waals surface area contributed by atoms with Gasteiger partial charge in [0, 0.05) is 23.5 Å². The van der Waals surface area contributed by atoms with Crippen LogP contribution < -0.4 is 4.57 Å². The Labute approximate surface area is 345 Å². The summed E-state index contributed by atoms with van der Waals surface area (Å²) in [5.74, 6) is 0. The summed E-state index contributed by atoms with van der Waals surface area (Å²) in [7, 11) is 0. The van der Waals surface area contributed by atoms with Gasteiger partial charge in [-0.05, 0) is 140 Å².